The van der Waals surface area contributed by atoms with E-state index in [1.807, 2.05) is 19.2 Å². The van der Waals surface area contributed by atoms with Crippen LogP contribution in [0.2, 0.25) is 0 Å². The van der Waals surface area contributed by atoms with Crippen LogP contribution >= 0.6 is 0 Å². The molecule has 0 spiro atoms. The van der Waals surface area contributed by atoms with Gasteiger partial charge < -0.3 is 5.32 Å². The van der Waals surface area contributed by atoms with E-state index in [1.54, 1.807) is 0 Å². The molecule has 0 saturated carbocycles. The van der Waals surface area contributed by atoms with Gasteiger partial charge in [-0.05, 0) is 39.0 Å². The SMILES string of the molecule is CC1=CC=C(c2ccc(C)nc2)NC1C. The highest BCUT2D eigenvalue weighted by Crippen LogP contribution is 2.18. The van der Waals surface area contributed by atoms with Gasteiger partial charge in [-0.25, -0.2) is 0 Å². The van der Waals surface area contributed by atoms with Crippen LogP contribution in [0.15, 0.2) is 36.1 Å². The molecule has 0 saturated heterocycles. The van der Waals surface area contributed by atoms with Gasteiger partial charge in [0.25, 0.3) is 0 Å². The summed E-state index contributed by atoms with van der Waals surface area (Å²) >= 11 is 0. The molecule has 1 aliphatic rings. The van der Waals surface area contributed by atoms with Crippen LogP contribution in [0.25, 0.3) is 5.70 Å². The molecule has 2 rings (SSSR count). The zero-order chi connectivity index (χ0) is 10.8. The molecule has 15 heavy (non-hydrogen) atoms. The quantitative estimate of drug-likeness (QED) is 0.754. The first kappa shape index (κ1) is 9.97. The van der Waals surface area contributed by atoms with Crippen LogP contribution in [0.3, 0.4) is 0 Å². The molecule has 1 aromatic rings. The predicted octanol–water partition coefficient (Wildman–Crippen LogP) is 2.67. The zero-order valence-electron chi connectivity index (χ0n) is 9.41. The second kappa shape index (κ2) is 3.89. The number of pyridine rings is 1. The molecule has 1 atom stereocenters. The Labute approximate surface area is 90.7 Å². The second-order valence-electron chi connectivity index (χ2n) is 4.05. The summed E-state index contributed by atoms with van der Waals surface area (Å²) in [6, 6.07) is 4.54. The van der Waals surface area contributed by atoms with Gasteiger partial charge in [-0.2, -0.15) is 0 Å². The molecule has 1 unspecified atom stereocenters. The highest BCUT2D eigenvalue weighted by atomic mass is 14.9. The van der Waals surface area contributed by atoms with E-state index in [0.717, 1.165) is 17.0 Å². The van der Waals surface area contributed by atoms with Gasteiger partial charge in [0.15, 0.2) is 0 Å². The van der Waals surface area contributed by atoms with E-state index in [-0.39, 0.29) is 0 Å². The smallest absolute Gasteiger partial charge is 0.0446 e. The Balaban J connectivity index is 2.29. The minimum atomic E-state index is 0.409. The molecule has 0 radical (unpaired) electrons. The maximum Gasteiger partial charge on any atom is 0.0446 e. The van der Waals surface area contributed by atoms with Gasteiger partial charge in [-0.15, -0.1) is 0 Å². The van der Waals surface area contributed by atoms with Crippen molar-refractivity contribution in [1.29, 1.82) is 0 Å². The van der Waals surface area contributed by atoms with Gasteiger partial charge in [0.1, 0.15) is 0 Å². The maximum absolute atomic E-state index is 4.30. The normalized spacial score (nSPS) is 20.3. The third-order valence-electron chi connectivity index (χ3n) is 2.79. The first-order valence-corrected chi connectivity index (χ1v) is 5.25. The van der Waals surface area contributed by atoms with E-state index in [9.17, 15) is 0 Å². The van der Waals surface area contributed by atoms with Gasteiger partial charge in [-0.3, -0.25) is 4.98 Å². The zero-order valence-corrected chi connectivity index (χ0v) is 9.41. The van der Waals surface area contributed by atoms with Crippen LogP contribution in [0.4, 0.5) is 0 Å². The van der Waals surface area contributed by atoms with Crippen molar-refractivity contribution in [2.45, 2.75) is 26.8 Å². The van der Waals surface area contributed by atoms with Crippen LogP contribution in [0.5, 0.6) is 0 Å². The van der Waals surface area contributed by atoms with Gasteiger partial charge in [0.2, 0.25) is 0 Å². The van der Waals surface area contributed by atoms with Crippen molar-refractivity contribution >= 4 is 5.70 Å². The summed E-state index contributed by atoms with van der Waals surface area (Å²) in [5, 5.41) is 3.45. The molecule has 0 amide bonds. The molecule has 0 aromatic carbocycles. The molecule has 2 heteroatoms. The van der Waals surface area contributed by atoms with Crippen molar-refractivity contribution in [1.82, 2.24) is 10.3 Å². The molecule has 0 bridgehead atoms. The van der Waals surface area contributed by atoms with Crippen LogP contribution in [0, 0.1) is 6.92 Å². The maximum atomic E-state index is 4.30. The molecular formula is C13H16N2. The lowest BCUT2D eigenvalue weighted by atomic mass is 10.0. The van der Waals surface area contributed by atoms with E-state index in [4.69, 9.17) is 0 Å². The molecule has 1 aliphatic heterocycles. The standard InChI is InChI=1S/C13H16N2/c1-9-4-7-13(15-11(9)3)12-6-5-10(2)14-8-12/h4-8,11,15H,1-3H3. The molecule has 2 nitrogen and oxygen atoms in total. The van der Waals surface area contributed by atoms with Crippen molar-refractivity contribution < 1.29 is 0 Å². The first-order valence-electron chi connectivity index (χ1n) is 5.25. The average molecular weight is 200 g/mol. The van der Waals surface area contributed by atoms with Gasteiger partial charge >= 0.3 is 0 Å². The van der Waals surface area contributed by atoms with Crippen molar-refractivity contribution in [2.24, 2.45) is 0 Å². The average Bonchev–Trinajstić information content (AvgIpc) is 2.23. The lowest BCUT2D eigenvalue weighted by molar-refractivity contribution is 0.733. The minimum absolute atomic E-state index is 0.409. The van der Waals surface area contributed by atoms with Crippen molar-refractivity contribution in [3.8, 4) is 0 Å². The summed E-state index contributed by atoms with van der Waals surface area (Å²) < 4.78 is 0. The Hall–Kier alpha value is -1.57. The summed E-state index contributed by atoms with van der Waals surface area (Å²) in [5.74, 6) is 0. The van der Waals surface area contributed by atoms with E-state index in [2.05, 4.69) is 42.4 Å². The highest BCUT2D eigenvalue weighted by Gasteiger charge is 2.11. The van der Waals surface area contributed by atoms with Crippen LogP contribution in [-0.4, -0.2) is 11.0 Å². The molecule has 0 aliphatic carbocycles. The van der Waals surface area contributed by atoms with E-state index in [1.165, 1.54) is 5.57 Å². The molecule has 0 fully saturated rings. The molecule has 2 heterocycles. The Morgan fingerprint density at radius 2 is 2.00 bits per heavy atom. The largest absolute Gasteiger partial charge is 0.378 e. The number of nitrogens with one attached hydrogen (secondary N) is 1. The Bertz CT molecular complexity index is 413. The van der Waals surface area contributed by atoms with Crippen LogP contribution in [0.1, 0.15) is 25.1 Å². The van der Waals surface area contributed by atoms with Crippen LogP contribution in [-0.2, 0) is 0 Å². The summed E-state index contributed by atoms with van der Waals surface area (Å²) in [5.41, 5.74) is 4.71. The summed E-state index contributed by atoms with van der Waals surface area (Å²) in [6.45, 7) is 6.30. The lowest BCUT2D eigenvalue weighted by Gasteiger charge is -2.22. The number of aromatic nitrogens is 1. The third-order valence-corrected chi connectivity index (χ3v) is 2.79. The number of hydrogen-bond acceptors (Lipinski definition) is 2. The number of aryl methyl sites for hydroxylation is 1. The summed E-state index contributed by atoms with van der Waals surface area (Å²) in [4.78, 5) is 4.30. The number of hydrogen-bond donors (Lipinski definition) is 1. The summed E-state index contributed by atoms with van der Waals surface area (Å²) in [6.07, 6.45) is 6.19. The van der Waals surface area contributed by atoms with E-state index < -0.39 is 0 Å². The molecular weight excluding hydrogens is 184 g/mol. The van der Waals surface area contributed by atoms with Crippen molar-refractivity contribution in [3.05, 3.63) is 47.3 Å². The Morgan fingerprint density at radius 3 is 2.60 bits per heavy atom. The fraction of sp³-hybridized carbons (Fsp3) is 0.308. The number of dihydropyridines is 1. The fourth-order valence-corrected chi connectivity index (χ4v) is 1.56. The monoisotopic (exact) mass is 200 g/mol. The van der Waals surface area contributed by atoms with E-state index >= 15 is 0 Å². The number of rotatable bonds is 1. The Morgan fingerprint density at radius 1 is 1.20 bits per heavy atom. The second-order valence-corrected chi connectivity index (χ2v) is 4.05. The van der Waals surface area contributed by atoms with Gasteiger partial charge in [-0.1, -0.05) is 11.6 Å². The topological polar surface area (TPSA) is 24.9 Å². The molecule has 1 N–H and O–H groups in total. The number of allylic oxidation sites excluding steroid dienone is 2. The summed E-state index contributed by atoms with van der Waals surface area (Å²) in [7, 11) is 0. The Kier molecular flexibility index (Phi) is 2.58. The predicted molar refractivity (Wildman–Crippen MR) is 63.3 cm³/mol. The molecule has 78 valence electrons. The first-order chi connectivity index (χ1) is 7.16. The van der Waals surface area contributed by atoms with Crippen molar-refractivity contribution in [3.63, 3.8) is 0 Å². The fourth-order valence-electron chi connectivity index (χ4n) is 1.56. The van der Waals surface area contributed by atoms with Crippen LogP contribution < -0.4 is 5.32 Å². The van der Waals surface area contributed by atoms with Gasteiger partial charge in [0, 0.05) is 29.2 Å². The minimum Gasteiger partial charge on any atom is -0.378 e. The van der Waals surface area contributed by atoms with E-state index in [0.29, 0.717) is 6.04 Å². The number of nitrogens with zero attached hydrogens (tertiary/aromatic N) is 1. The van der Waals surface area contributed by atoms with Gasteiger partial charge in [0.05, 0.1) is 0 Å². The van der Waals surface area contributed by atoms with Crippen molar-refractivity contribution in [2.75, 3.05) is 0 Å². The third kappa shape index (κ3) is 2.09. The highest BCUT2D eigenvalue weighted by molar-refractivity contribution is 5.67. The lowest BCUT2D eigenvalue weighted by Crippen LogP contribution is -2.27. The molecule has 1 aromatic heterocycles.